The number of rotatable bonds is 9. The number of ether oxygens (including phenoxy) is 1. The van der Waals surface area contributed by atoms with Crippen molar-refractivity contribution in [1.82, 2.24) is 9.55 Å². The fraction of sp³-hybridized carbons (Fsp3) is 0.636. The Kier molecular flexibility index (Phi) is 8.03. The number of aliphatic hydroxyl groups is 1. The third-order valence-electron chi connectivity index (χ3n) is 4.07. The number of alkyl halides is 2. The highest BCUT2D eigenvalue weighted by molar-refractivity contribution is 7.66. The molecule has 33 heavy (non-hydrogen) atoms. The number of hydrogen-bond acceptors (Lipinski definition) is 11. The molecule has 0 spiro atoms. The van der Waals surface area contributed by atoms with Gasteiger partial charge in [0.25, 0.3) is 0 Å². The monoisotopic (exact) mass is 549 g/mol. The van der Waals surface area contributed by atoms with Crippen molar-refractivity contribution in [2.24, 2.45) is 0 Å². The fourth-order valence-electron chi connectivity index (χ4n) is 2.76. The summed E-state index contributed by atoms with van der Waals surface area (Å²) in [5.74, 6) is -2.21. The predicted octanol–water partition coefficient (Wildman–Crippen LogP) is -0.368. The van der Waals surface area contributed by atoms with Crippen molar-refractivity contribution < 1.29 is 69.4 Å². The number of aliphatic hydroxyl groups excluding tert-OH is 1. The smallest absolute Gasteiger partial charge is 0.387 e. The second-order valence-electron chi connectivity index (χ2n) is 6.52. The second kappa shape index (κ2) is 9.45. The van der Waals surface area contributed by atoms with Crippen LogP contribution in [0.1, 0.15) is 13.2 Å². The van der Waals surface area contributed by atoms with Crippen LogP contribution in [0.2, 0.25) is 0 Å². The van der Waals surface area contributed by atoms with Gasteiger partial charge in [-0.2, -0.15) is 13.6 Å². The first kappa shape index (κ1) is 28.0. The minimum Gasteiger partial charge on any atom is -0.387 e. The van der Waals surface area contributed by atoms with Crippen LogP contribution in [-0.4, -0.2) is 64.9 Å². The molecule has 0 aliphatic carbocycles. The van der Waals surface area contributed by atoms with Gasteiger partial charge in [-0.25, -0.2) is 31.7 Å². The van der Waals surface area contributed by atoms with Gasteiger partial charge in [-0.05, 0) is 6.92 Å². The Morgan fingerprint density at radius 2 is 1.85 bits per heavy atom. The highest BCUT2D eigenvalue weighted by Crippen LogP contribution is 2.66. The maximum Gasteiger partial charge on any atom is 0.490 e. The molecule has 0 radical (unpaired) electrons. The number of anilines is 1. The first-order chi connectivity index (χ1) is 14.8. The van der Waals surface area contributed by atoms with Gasteiger partial charge in [-0.3, -0.25) is 9.09 Å². The molecule has 0 saturated carbocycles. The Morgan fingerprint density at radius 3 is 2.36 bits per heavy atom. The molecule has 0 aromatic carbocycles. The molecule has 0 bridgehead atoms. The molecule has 1 saturated heterocycles. The molecular formula is C11H17F3N3O13P3. The van der Waals surface area contributed by atoms with Crippen molar-refractivity contribution in [3.63, 3.8) is 0 Å². The molecule has 2 heterocycles. The predicted molar refractivity (Wildman–Crippen MR) is 97.0 cm³/mol. The zero-order chi connectivity index (χ0) is 25.6. The molecule has 1 fully saturated rings. The minimum atomic E-state index is -5.89. The molecule has 190 valence electrons. The van der Waals surface area contributed by atoms with Crippen molar-refractivity contribution in [3.05, 3.63) is 22.5 Å². The summed E-state index contributed by atoms with van der Waals surface area (Å²) in [6, 6.07) is 0. The maximum atomic E-state index is 15.2. The second-order valence-corrected chi connectivity index (χ2v) is 10.9. The topological polar surface area (TPSA) is 250 Å². The van der Waals surface area contributed by atoms with Gasteiger partial charge in [-0.1, -0.05) is 0 Å². The Hall–Kier alpha value is -1.20. The zero-order valence-corrected chi connectivity index (χ0v) is 18.7. The van der Waals surface area contributed by atoms with E-state index < -0.39 is 77.7 Å². The van der Waals surface area contributed by atoms with Crippen molar-refractivity contribution in [3.8, 4) is 0 Å². The first-order valence-electron chi connectivity index (χ1n) is 8.26. The lowest BCUT2D eigenvalue weighted by Gasteiger charge is -2.27. The third kappa shape index (κ3) is 6.48. The van der Waals surface area contributed by atoms with Gasteiger partial charge in [0.2, 0.25) is 5.67 Å². The summed E-state index contributed by atoms with van der Waals surface area (Å²) in [7, 11) is -17.3. The molecule has 7 N–H and O–H groups in total. The summed E-state index contributed by atoms with van der Waals surface area (Å²) in [6.07, 6.45) is -8.69. The largest absolute Gasteiger partial charge is 0.490 e. The first-order valence-corrected chi connectivity index (χ1v) is 12.8. The van der Waals surface area contributed by atoms with E-state index in [-0.39, 0.29) is 4.57 Å². The lowest BCUT2D eigenvalue weighted by atomic mass is 9.95. The van der Waals surface area contributed by atoms with Crippen molar-refractivity contribution in [2.75, 3.05) is 12.4 Å². The molecule has 22 heteroatoms. The summed E-state index contributed by atoms with van der Waals surface area (Å²) >= 11 is 0. The zero-order valence-electron chi connectivity index (χ0n) is 16.0. The summed E-state index contributed by atoms with van der Waals surface area (Å²) in [6.45, 7) is -1.21. The normalized spacial score (nSPS) is 30.5. The van der Waals surface area contributed by atoms with E-state index in [1.165, 1.54) is 0 Å². The van der Waals surface area contributed by atoms with Crippen LogP contribution < -0.4 is 11.4 Å². The van der Waals surface area contributed by atoms with Gasteiger partial charge in [0.15, 0.2) is 17.9 Å². The van der Waals surface area contributed by atoms with Crippen LogP contribution in [0, 0.1) is 5.82 Å². The van der Waals surface area contributed by atoms with Gasteiger partial charge in [0, 0.05) is 0 Å². The van der Waals surface area contributed by atoms with Crippen LogP contribution in [0.4, 0.5) is 19.0 Å². The molecule has 0 amide bonds. The van der Waals surface area contributed by atoms with Gasteiger partial charge < -0.3 is 35.2 Å². The van der Waals surface area contributed by atoms with Crippen molar-refractivity contribution >= 4 is 29.3 Å². The van der Waals surface area contributed by atoms with Crippen molar-refractivity contribution in [1.29, 1.82) is 0 Å². The van der Waals surface area contributed by atoms with Crippen LogP contribution in [0.15, 0.2) is 11.0 Å². The Labute approximate surface area is 181 Å². The number of phosphoric acid groups is 3. The number of phosphoric ester groups is 1. The molecule has 1 aliphatic heterocycles. The van der Waals surface area contributed by atoms with E-state index >= 15 is 4.39 Å². The highest BCUT2D eigenvalue weighted by Gasteiger charge is 2.61. The lowest BCUT2D eigenvalue weighted by molar-refractivity contribution is -0.0858. The standard InChI is InChI=1S/C11H17F3N3O13P3/c1-4(28-32(23,24)30-33(25,26)29-31(20,21)22)6-7(18)11(14,3-12)9(27-6)17-2-5(13)8(15)16-10(17)19/h2,4,6-7,9,18H,3H2,1H3,(H,23,24)(H,25,26)(H2,15,16,19)(H2,20,21,22)/t4-,6-,7?,9-,11-/m1/s1. The Balaban J connectivity index is 2.29. The fourth-order valence-corrected chi connectivity index (χ4v) is 5.96. The molecule has 3 unspecified atom stereocenters. The average molecular weight is 549 g/mol. The average Bonchev–Trinajstić information content (AvgIpc) is 2.87. The molecular weight excluding hydrogens is 532 g/mol. The van der Waals surface area contributed by atoms with Crippen LogP contribution in [0.3, 0.4) is 0 Å². The van der Waals surface area contributed by atoms with E-state index in [4.69, 9.17) is 25.2 Å². The summed E-state index contributed by atoms with van der Waals surface area (Å²) in [5.41, 5.74) is 0.231. The SMILES string of the molecule is C[C@@H](OP(=O)(O)OP(=O)(O)OP(=O)(O)O)[C@H]1O[C@@H](n2cc(F)c(N)nc2=O)[C@@](F)(CF)C1O. The molecule has 2 rings (SSSR count). The van der Waals surface area contributed by atoms with Crippen LogP contribution in [0.5, 0.6) is 0 Å². The van der Waals surface area contributed by atoms with Crippen LogP contribution in [0.25, 0.3) is 0 Å². The Morgan fingerprint density at radius 1 is 1.27 bits per heavy atom. The third-order valence-corrected chi connectivity index (χ3v) is 8.00. The number of aromatic nitrogens is 2. The quantitative estimate of drug-likeness (QED) is 0.215. The molecule has 1 aliphatic rings. The van der Waals surface area contributed by atoms with E-state index in [9.17, 15) is 37.3 Å². The minimum absolute atomic E-state index is 0.117. The van der Waals surface area contributed by atoms with E-state index in [0.29, 0.717) is 6.20 Å². The van der Waals surface area contributed by atoms with Gasteiger partial charge in [-0.15, -0.1) is 0 Å². The van der Waals surface area contributed by atoms with Crippen molar-refractivity contribution in [2.45, 2.75) is 37.1 Å². The van der Waals surface area contributed by atoms with Gasteiger partial charge in [0.05, 0.1) is 12.3 Å². The highest BCUT2D eigenvalue weighted by atomic mass is 31.3. The maximum absolute atomic E-state index is 15.2. The number of nitrogen functional groups attached to an aromatic ring is 1. The summed E-state index contributed by atoms with van der Waals surface area (Å²) < 4.78 is 92.9. The summed E-state index contributed by atoms with van der Waals surface area (Å²) in [4.78, 5) is 50.6. The molecule has 1 aromatic rings. The summed E-state index contributed by atoms with van der Waals surface area (Å²) in [5, 5.41) is 10.2. The molecule has 16 nitrogen and oxygen atoms in total. The number of nitrogens with two attached hydrogens (primary N) is 1. The number of hydrogen-bond donors (Lipinski definition) is 6. The van der Waals surface area contributed by atoms with Gasteiger partial charge in [0.1, 0.15) is 18.9 Å². The van der Waals surface area contributed by atoms with E-state index in [0.717, 1.165) is 6.92 Å². The molecule has 1 aromatic heterocycles. The van der Waals surface area contributed by atoms with Gasteiger partial charge >= 0.3 is 29.2 Å². The van der Waals surface area contributed by atoms with Crippen LogP contribution in [-0.2, 0) is 31.6 Å². The van der Waals surface area contributed by atoms with E-state index in [2.05, 4.69) is 18.1 Å². The Bertz CT molecular complexity index is 1100. The van der Waals surface area contributed by atoms with E-state index in [1.54, 1.807) is 0 Å². The van der Waals surface area contributed by atoms with E-state index in [1.807, 2.05) is 0 Å². The number of halogens is 3. The lowest BCUT2D eigenvalue weighted by Crippen LogP contribution is -2.48. The molecule has 7 atom stereocenters. The van der Waals surface area contributed by atoms with Crippen LogP contribution >= 0.6 is 23.5 Å². The number of nitrogens with zero attached hydrogens (tertiary/aromatic N) is 2.